The van der Waals surface area contributed by atoms with Crippen LogP contribution in [0.5, 0.6) is 0 Å². The van der Waals surface area contributed by atoms with Gasteiger partial charge in [-0.05, 0) is 30.7 Å². The highest BCUT2D eigenvalue weighted by molar-refractivity contribution is 5.89. The number of unbranched alkanes of at least 4 members (excludes halogenated alkanes) is 1. The van der Waals surface area contributed by atoms with E-state index in [0.29, 0.717) is 11.5 Å². The number of rotatable bonds is 8. The van der Waals surface area contributed by atoms with E-state index < -0.39 is 0 Å². The van der Waals surface area contributed by atoms with Crippen LogP contribution < -0.4 is 10.2 Å². The van der Waals surface area contributed by atoms with Gasteiger partial charge in [0.25, 0.3) is 0 Å². The molecule has 2 aromatic carbocycles. The highest BCUT2D eigenvalue weighted by Crippen LogP contribution is 2.25. The first-order valence-corrected chi connectivity index (χ1v) is 9.71. The Morgan fingerprint density at radius 3 is 2.45 bits per heavy atom. The van der Waals surface area contributed by atoms with Crippen LogP contribution in [0.4, 0.5) is 17.5 Å². The van der Waals surface area contributed by atoms with Crippen molar-refractivity contribution >= 4 is 23.4 Å². The summed E-state index contributed by atoms with van der Waals surface area (Å²) < 4.78 is 4.74. The van der Waals surface area contributed by atoms with Gasteiger partial charge in [0.05, 0.1) is 18.4 Å². The summed E-state index contributed by atoms with van der Waals surface area (Å²) in [5, 5.41) is 3.25. The maximum atomic E-state index is 11.6. The summed E-state index contributed by atoms with van der Waals surface area (Å²) in [4.78, 5) is 23.1. The minimum Gasteiger partial charge on any atom is -0.465 e. The molecule has 3 aromatic rings. The summed E-state index contributed by atoms with van der Waals surface area (Å²) in [6, 6.07) is 19.1. The van der Waals surface area contributed by atoms with Gasteiger partial charge in [0, 0.05) is 30.9 Å². The average molecular weight is 390 g/mol. The number of nitrogens with zero attached hydrogens (tertiary/aromatic N) is 3. The Morgan fingerprint density at radius 2 is 1.79 bits per heavy atom. The van der Waals surface area contributed by atoms with Crippen LogP contribution >= 0.6 is 0 Å². The monoisotopic (exact) mass is 390 g/mol. The molecule has 29 heavy (non-hydrogen) atoms. The maximum absolute atomic E-state index is 11.6. The fourth-order valence-electron chi connectivity index (χ4n) is 2.89. The van der Waals surface area contributed by atoms with Gasteiger partial charge in [-0.2, -0.15) is 4.98 Å². The number of esters is 1. The van der Waals surface area contributed by atoms with Crippen molar-refractivity contribution in [2.45, 2.75) is 19.8 Å². The molecule has 6 heteroatoms. The Balaban J connectivity index is 1.91. The Labute approximate surface area is 171 Å². The van der Waals surface area contributed by atoms with Crippen LogP contribution in [0, 0.1) is 0 Å². The lowest BCUT2D eigenvalue weighted by atomic mass is 10.1. The Kier molecular flexibility index (Phi) is 6.79. The molecule has 0 aliphatic rings. The molecule has 0 unspecified atom stereocenters. The lowest BCUT2D eigenvalue weighted by Gasteiger charge is -2.19. The quantitative estimate of drug-likeness (QED) is 0.551. The zero-order chi connectivity index (χ0) is 20.6. The maximum Gasteiger partial charge on any atom is 0.337 e. The molecule has 3 rings (SSSR count). The van der Waals surface area contributed by atoms with Gasteiger partial charge in [0.2, 0.25) is 5.95 Å². The summed E-state index contributed by atoms with van der Waals surface area (Å²) in [5.41, 5.74) is 3.18. The number of hydrogen-bond donors (Lipinski definition) is 1. The Morgan fingerprint density at radius 1 is 1.07 bits per heavy atom. The van der Waals surface area contributed by atoms with Gasteiger partial charge in [-0.15, -0.1) is 0 Å². The van der Waals surface area contributed by atoms with Crippen molar-refractivity contribution in [1.82, 2.24) is 9.97 Å². The second kappa shape index (κ2) is 9.68. The number of carbonyl (C=O) groups is 1. The van der Waals surface area contributed by atoms with Crippen LogP contribution in [0.1, 0.15) is 30.1 Å². The first-order valence-electron chi connectivity index (χ1n) is 9.71. The van der Waals surface area contributed by atoms with Crippen LogP contribution in [-0.4, -0.2) is 36.6 Å². The molecule has 1 heterocycles. The van der Waals surface area contributed by atoms with Gasteiger partial charge in [-0.3, -0.25) is 0 Å². The topological polar surface area (TPSA) is 67.4 Å². The second-order valence-electron chi connectivity index (χ2n) is 6.77. The summed E-state index contributed by atoms with van der Waals surface area (Å²) >= 11 is 0. The molecule has 6 nitrogen and oxygen atoms in total. The van der Waals surface area contributed by atoms with Crippen molar-refractivity contribution in [2.75, 3.05) is 30.9 Å². The third kappa shape index (κ3) is 5.31. The number of methoxy groups -OCH3 is 1. The molecule has 0 fully saturated rings. The molecule has 0 radical (unpaired) electrons. The van der Waals surface area contributed by atoms with E-state index in [2.05, 4.69) is 17.1 Å². The Hall–Kier alpha value is -3.41. The summed E-state index contributed by atoms with van der Waals surface area (Å²) in [6.07, 6.45) is 2.22. The fraction of sp³-hybridized carbons (Fsp3) is 0.261. The molecular weight excluding hydrogens is 364 g/mol. The number of anilines is 3. The lowest BCUT2D eigenvalue weighted by Crippen LogP contribution is -2.20. The van der Waals surface area contributed by atoms with Crippen molar-refractivity contribution in [3.05, 3.63) is 66.2 Å². The van der Waals surface area contributed by atoms with Gasteiger partial charge in [0.15, 0.2) is 0 Å². The van der Waals surface area contributed by atoms with Crippen molar-refractivity contribution in [3.63, 3.8) is 0 Å². The van der Waals surface area contributed by atoms with Crippen LogP contribution in [-0.2, 0) is 4.74 Å². The normalized spacial score (nSPS) is 10.4. The van der Waals surface area contributed by atoms with Crippen LogP contribution in [0.15, 0.2) is 60.7 Å². The lowest BCUT2D eigenvalue weighted by molar-refractivity contribution is 0.0601. The standard InChI is InChI=1S/C23H26N4O2/c1-4-5-15-27(2)21-16-20(17-9-7-6-8-10-17)25-23(26-21)24-19-13-11-18(12-14-19)22(28)29-3/h6-14,16H,4-5,15H2,1-3H3,(H,24,25,26). The predicted octanol–water partition coefficient (Wildman–Crippen LogP) is 4.91. The molecule has 0 amide bonds. The number of carbonyl (C=O) groups excluding carboxylic acids is 1. The van der Waals surface area contributed by atoms with Crippen molar-refractivity contribution in [2.24, 2.45) is 0 Å². The minimum atomic E-state index is -0.362. The number of benzene rings is 2. The van der Waals surface area contributed by atoms with E-state index in [-0.39, 0.29) is 5.97 Å². The fourth-order valence-corrected chi connectivity index (χ4v) is 2.89. The first-order chi connectivity index (χ1) is 14.1. The van der Waals surface area contributed by atoms with E-state index in [1.165, 1.54) is 7.11 Å². The molecule has 0 aliphatic heterocycles. The van der Waals surface area contributed by atoms with Gasteiger partial charge >= 0.3 is 5.97 Å². The minimum absolute atomic E-state index is 0.362. The highest BCUT2D eigenvalue weighted by atomic mass is 16.5. The summed E-state index contributed by atoms with van der Waals surface area (Å²) in [5.74, 6) is 1.01. The van der Waals surface area contributed by atoms with E-state index in [1.807, 2.05) is 55.6 Å². The van der Waals surface area contributed by atoms with E-state index in [1.54, 1.807) is 12.1 Å². The molecular formula is C23H26N4O2. The molecule has 0 aliphatic carbocycles. The second-order valence-corrected chi connectivity index (χ2v) is 6.77. The third-order valence-corrected chi connectivity index (χ3v) is 4.58. The first kappa shape index (κ1) is 20.3. The van der Waals surface area contributed by atoms with Gasteiger partial charge in [0.1, 0.15) is 5.82 Å². The van der Waals surface area contributed by atoms with Crippen LogP contribution in [0.25, 0.3) is 11.3 Å². The van der Waals surface area contributed by atoms with Gasteiger partial charge in [-0.1, -0.05) is 43.7 Å². The molecule has 0 atom stereocenters. The van der Waals surface area contributed by atoms with E-state index in [4.69, 9.17) is 14.7 Å². The van der Waals surface area contributed by atoms with Gasteiger partial charge in [-0.25, -0.2) is 9.78 Å². The van der Waals surface area contributed by atoms with E-state index in [9.17, 15) is 4.79 Å². The number of ether oxygens (including phenoxy) is 1. The number of aromatic nitrogens is 2. The van der Waals surface area contributed by atoms with Crippen molar-refractivity contribution < 1.29 is 9.53 Å². The van der Waals surface area contributed by atoms with Crippen molar-refractivity contribution in [1.29, 1.82) is 0 Å². The molecule has 0 saturated carbocycles. The highest BCUT2D eigenvalue weighted by Gasteiger charge is 2.11. The summed E-state index contributed by atoms with van der Waals surface area (Å²) in [6.45, 7) is 3.10. The Bertz CT molecular complexity index is 943. The average Bonchev–Trinajstić information content (AvgIpc) is 2.77. The molecule has 0 spiro atoms. The van der Waals surface area contributed by atoms with Gasteiger partial charge < -0.3 is 15.0 Å². The number of nitrogens with one attached hydrogen (secondary N) is 1. The molecule has 150 valence electrons. The molecule has 1 aromatic heterocycles. The zero-order valence-electron chi connectivity index (χ0n) is 17.1. The van der Waals surface area contributed by atoms with Crippen LogP contribution in [0.3, 0.4) is 0 Å². The van der Waals surface area contributed by atoms with Crippen LogP contribution in [0.2, 0.25) is 0 Å². The predicted molar refractivity (Wildman–Crippen MR) is 117 cm³/mol. The molecule has 0 bridgehead atoms. The molecule has 0 saturated heterocycles. The van der Waals surface area contributed by atoms with E-state index in [0.717, 1.165) is 42.1 Å². The summed E-state index contributed by atoms with van der Waals surface area (Å²) in [7, 11) is 3.41. The largest absolute Gasteiger partial charge is 0.465 e. The SMILES string of the molecule is CCCCN(C)c1cc(-c2ccccc2)nc(Nc2ccc(C(=O)OC)cc2)n1. The van der Waals surface area contributed by atoms with Crippen molar-refractivity contribution in [3.8, 4) is 11.3 Å². The zero-order valence-corrected chi connectivity index (χ0v) is 17.1. The van der Waals surface area contributed by atoms with E-state index >= 15 is 0 Å². The smallest absolute Gasteiger partial charge is 0.337 e. The molecule has 1 N–H and O–H groups in total. The third-order valence-electron chi connectivity index (χ3n) is 4.58. The number of hydrogen-bond acceptors (Lipinski definition) is 6.